The topological polar surface area (TPSA) is 76.6 Å². The van der Waals surface area contributed by atoms with Gasteiger partial charge in [0.1, 0.15) is 0 Å². The summed E-state index contributed by atoms with van der Waals surface area (Å²) < 4.78 is 4.80. The highest BCUT2D eigenvalue weighted by Gasteiger charge is 2.37. The van der Waals surface area contributed by atoms with Crippen LogP contribution in [-0.4, -0.2) is 46.7 Å². The molecule has 0 aliphatic carbocycles. The summed E-state index contributed by atoms with van der Waals surface area (Å²) >= 11 is 0. The van der Waals surface area contributed by atoms with Gasteiger partial charge in [0.25, 0.3) is 5.91 Å². The van der Waals surface area contributed by atoms with Crippen LogP contribution in [-0.2, 0) is 25.5 Å². The molecule has 2 rings (SSSR count). The van der Waals surface area contributed by atoms with Gasteiger partial charge in [0.15, 0.2) is 0 Å². The molecule has 0 bridgehead atoms. The molecule has 1 saturated heterocycles. The number of carbonyl (C=O) groups is 3. The number of esters is 1. The quantitative estimate of drug-likeness (QED) is 0.404. The smallest absolute Gasteiger partial charge is 0.302 e. The van der Waals surface area contributed by atoms with E-state index in [1.165, 1.54) is 12.5 Å². The van der Waals surface area contributed by atoms with Crippen LogP contribution < -0.4 is 0 Å². The third kappa shape index (κ3) is 7.79. The number of likely N-dealkylation sites (tertiary alicyclic amines) is 1. The van der Waals surface area contributed by atoms with Crippen molar-refractivity contribution in [3.05, 3.63) is 30.1 Å². The summed E-state index contributed by atoms with van der Waals surface area (Å²) in [5.41, 5.74) is 0.661. The number of aryl methyl sites for hydroxylation is 1. The molecule has 156 valence electrons. The maximum atomic E-state index is 11.9. The van der Waals surface area contributed by atoms with Crippen molar-refractivity contribution in [1.29, 1.82) is 0 Å². The van der Waals surface area contributed by atoms with E-state index in [4.69, 9.17) is 4.74 Å². The minimum Gasteiger partial charge on any atom is -0.466 e. The second-order valence-electron chi connectivity index (χ2n) is 7.86. The van der Waals surface area contributed by atoms with Gasteiger partial charge in [0.05, 0.1) is 6.61 Å². The molecule has 6 nitrogen and oxygen atoms in total. The van der Waals surface area contributed by atoms with Crippen molar-refractivity contribution < 1.29 is 19.1 Å². The number of amides is 1. The molecule has 1 atom stereocenters. The normalized spacial score (nSPS) is 16.2. The van der Waals surface area contributed by atoms with E-state index in [9.17, 15) is 14.4 Å². The Kier molecular flexibility index (Phi) is 9.83. The lowest BCUT2D eigenvalue weighted by molar-refractivity contribution is -0.149. The number of hydrogen-bond acceptors (Lipinski definition) is 5. The van der Waals surface area contributed by atoms with Crippen LogP contribution >= 0.6 is 0 Å². The zero-order valence-electron chi connectivity index (χ0n) is 17.9. The van der Waals surface area contributed by atoms with Crippen LogP contribution in [0.1, 0.15) is 65.9 Å². The van der Waals surface area contributed by atoms with Gasteiger partial charge in [-0.05, 0) is 50.7 Å². The highest BCUT2D eigenvalue weighted by atomic mass is 16.5. The molecule has 6 heteroatoms. The van der Waals surface area contributed by atoms with Gasteiger partial charge in [-0.25, -0.2) is 0 Å². The van der Waals surface area contributed by atoms with Gasteiger partial charge >= 0.3 is 5.97 Å². The second-order valence-corrected chi connectivity index (χ2v) is 7.86. The molecule has 0 aromatic carbocycles. The van der Waals surface area contributed by atoms with Crippen LogP contribution in [0.25, 0.3) is 0 Å². The third-order valence-corrected chi connectivity index (χ3v) is 5.14. The van der Waals surface area contributed by atoms with Crippen LogP contribution in [0.2, 0.25) is 0 Å². The van der Waals surface area contributed by atoms with Gasteiger partial charge in [-0.15, -0.1) is 0 Å². The van der Waals surface area contributed by atoms with Crippen LogP contribution in [0, 0.1) is 5.41 Å². The molecule has 1 amide bonds. The number of rotatable bonds is 7. The fraction of sp³-hybridized carbons (Fsp3) is 0.636. The average Bonchev–Trinajstić information content (AvgIpc) is 3.11. The second kappa shape index (κ2) is 11.6. The molecule has 1 aromatic rings. The first-order chi connectivity index (χ1) is 13.2. The first-order valence-electron chi connectivity index (χ1n) is 10.1. The van der Waals surface area contributed by atoms with Crippen molar-refractivity contribution in [1.82, 2.24) is 9.88 Å². The SMILES string of the molecule is CC(=O)OCCCc1cccnc1.CCC(C)(C)C(=O)C(=O)N1CCCC1C. The van der Waals surface area contributed by atoms with Gasteiger partial charge in [0.2, 0.25) is 5.78 Å². The Hall–Kier alpha value is -2.24. The fourth-order valence-electron chi connectivity index (χ4n) is 2.85. The lowest BCUT2D eigenvalue weighted by Gasteiger charge is -2.26. The summed E-state index contributed by atoms with van der Waals surface area (Å²) in [5, 5.41) is 0. The van der Waals surface area contributed by atoms with Gasteiger partial charge in [0, 0.05) is 37.3 Å². The highest BCUT2D eigenvalue weighted by molar-refractivity contribution is 6.38. The summed E-state index contributed by atoms with van der Waals surface area (Å²) in [7, 11) is 0. The molecule has 2 heterocycles. The monoisotopic (exact) mass is 390 g/mol. The van der Waals surface area contributed by atoms with Gasteiger partial charge in [-0.1, -0.05) is 26.8 Å². The van der Waals surface area contributed by atoms with E-state index in [2.05, 4.69) is 4.98 Å². The van der Waals surface area contributed by atoms with E-state index < -0.39 is 5.41 Å². The van der Waals surface area contributed by atoms with E-state index in [1.807, 2.05) is 46.0 Å². The Balaban J connectivity index is 0.000000283. The Morgan fingerprint density at radius 3 is 2.54 bits per heavy atom. The van der Waals surface area contributed by atoms with E-state index >= 15 is 0 Å². The minimum absolute atomic E-state index is 0.216. The Morgan fingerprint density at radius 2 is 2.04 bits per heavy atom. The van der Waals surface area contributed by atoms with Crippen LogP contribution in [0.5, 0.6) is 0 Å². The number of ether oxygens (including phenoxy) is 1. The van der Waals surface area contributed by atoms with Crippen LogP contribution in [0.3, 0.4) is 0 Å². The minimum atomic E-state index is -0.514. The summed E-state index contributed by atoms with van der Waals surface area (Å²) in [5.74, 6) is -0.739. The number of nitrogens with zero attached hydrogens (tertiary/aromatic N) is 2. The maximum absolute atomic E-state index is 11.9. The van der Waals surface area contributed by atoms with Gasteiger partial charge < -0.3 is 9.64 Å². The molecule has 1 aliphatic heterocycles. The summed E-state index contributed by atoms with van der Waals surface area (Å²) in [6.45, 7) is 10.3. The first-order valence-corrected chi connectivity index (χ1v) is 10.1. The van der Waals surface area contributed by atoms with Gasteiger partial charge in [-0.3, -0.25) is 19.4 Å². The van der Waals surface area contributed by atoms with E-state index in [0.717, 1.165) is 32.2 Å². The number of aromatic nitrogens is 1. The van der Waals surface area contributed by atoms with E-state index in [0.29, 0.717) is 13.0 Å². The molecular formula is C22H34N2O4. The largest absolute Gasteiger partial charge is 0.466 e. The van der Waals surface area contributed by atoms with Crippen LogP contribution in [0.4, 0.5) is 0 Å². The summed E-state index contributed by atoms with van der Waals surface area (Å²) in [6, 6.07) is 4.15. The number of carbonyl (C=O) groups excluding carboxylic acids is 3. The van der Waals surface area contributed by atoms with E-state index in [1.54, 1.807) is 11.1 Å². The predicted octanol–water partition coefficient (Wildman–Crippen LogP) is 3.58. The Labute approximate surface area is 168 Å². The van der Waals surface area contributed by atoms with Crippen molar-refractivity contribution >= 4 is 17.7 Å². The maximum Gasteiger partial charge on any atom is 0.302 e. The average molecular weight is 391 g/mol. The number of pyridine rings is 1. The molecule has 0 N–H and O–H groups in total. The number of ketones is 1. The predicted molar refractivity (Wildman–Crippen MR) is 109 cm³/mol. The number of hydrogen-bond donors (Lipinski definition) is 0. The Morgan fingerprint density at radius 1 is 1.32 bits per heavy atom. The molecule has 1 fully saturated rings. The van der Waals surface area contributed by atoms with Crippen LogP contribution in [0.15, 0.2) is 24.5 Å². The van der Waals surface area contributed by atoms with Crippen molar-refractivity contribution in [2.75, 3.05) is 13.2 Å². The molecule has 0 saturated carbocycles. The molecular weight excluding hydrogens is 356 g/mol. The van der Waals surface area contributed by atoms with Crippen molar-refractivity contribution in [3.63, 3.8) is 0 Å². The lowest BCUT2D eigenvalue weighted by atomic mass is 9.84. The molecule has 0 radical (unpaired) electrons. The molecule has 28 heavy (non-hydrogen) atoms. The lowest BCUT2D eigenvalue weighted by Crippen LogP contribution is -2.44. The van der Waals surface area contributed by atoms with Crippen molar-refractivity contribution in [2.45, 2.75) is 72.8 Å². The zero-order valence-corrected chi connectivity index (χ0v) is 17.9. The van der Waals surface area contributed by atoms with Crippen molar-refractivity contribution in [2.24, 2.45) is 5.41 Å². The fourth-order valence-corrected chi connectivity index (χ4v) is 2.85. The molecule has 1 aliphatic rings. The van der Waals surface area contributed by atoms with Gasteiger partial charge in [-0.2, -0.15) is 0 Å². The van der Waals surface area contributed by atoms with Crippen molar-refractivity contribution in [3.8, 4) is 0 Å². The Bertz CT molecular complexity index is 643. The third-order valence-electron chi connectivity index (χ3n) is 5.14. The summed E-state index contributed by atoms with van der Waals surface area (Å²) in [4.78, 5) is 40.0. The standard InChI is InChI=1S/C12H21NO2.C10H13NO2/c1-5-12(3,4)10(14)11(15)13-8-6-7-9(13)2;1-9(12)13-7-3-5-10-4-2-6-11-8-10/h9H,5-8H2,1-4H3;2,4,6,8H,3,5,7H2,1H3. The highest BCUT2D eigenvalue weighted by Crippen LogP contribution is 2.25. The summed E-state index contributed by atoms with van der Waals surface area (Å²) in [6.07, 6.45) is 8.08. The number of Topliss-reactive ketones (excluding diaryl/α,β-unsaturated/α-hetero) is 1. The zero-order chi connectivity index (χ0) is 21.2. The molecule has 1 unspecified atom stereocenters. The van der Waals surface area contributed by atoms with E-state index in [-0.39, 0.29) is 23.7 Å². The molecule has 1 aromatic heterocycles. The molecule has 0 spiro atoms. The first kappa shape index (κ1) is 23.8.